The van der Waals surface area contributed by atoms with Gasteiger partial charge in [-0.3, -0.25) is 4.79 Å². The molecule has 1 aromatic carbocycles. The lowest BCUT2D eigenvalue weighted by Gasteiger charge is -2.08. The van der Waals surface area contributed by atoms with E-state index in [4.69, 9.17) is 0 Å². The Morgan fingerprint density at radius 2 is 2.00 bits per heavy atom. The van der Waals surface area contributed by atoms with Crippen molar-refractivity contribution < 1.29 is 4.79 Å². The van der Waals surface area contributed by atoms with Crippen LogP contribution >= 0.6 is 15.9 Å². The van der Waals surface area contributed by atoms with E-state index in [-0.39, 0.29) is 5.91 Å². The highest BCUT2D eigenvalue weighted by Gasteiger charge is 2.10. The number of rotatable bonds is 2. The van der Waals surface area contributed by atoms with Crippen LogP contribution in [-0.4, -0.2) is 10.9 Å². The summed E-state index contributed by atoms with van der Waals surface area (Å²) < 4.78 is 0.883. The number of hydrogen-bond donors (Lipinski definition) is 1. The third-order valence-electron chi connectivity index (χ3n) is 2.60. The van der Waals surface area contributed by atoms with Crippen LogP contribution in [-0.2, 0) is 0 Å². The van der Waals surface area contributed by atoms with Crippen molar-refractivity contribution in [1.29, 1.82) is 0 Å². The summed E-state index contributed by atoms with van der Waals surface area (Å²) in [4.78, 5) is 16.2. The van der Waals surface area contributed by atoms with Gasteiger partial charge in [0.05, 0.1) is 0 Å². The van der Waals surface area contributed by atoms with Gasteiger partial charge in [0, 0.05) is 16.2 Å². The second-order valence-corrected chi connectivity index (χ2v) is 5.05. The Hall–Kier alpha value is -1.68. The average Bonchev–Trinajstić information content (AvgIpc) is 2.32. The zero-order chi connectivity index (χ0) is 13.1. The summed E-state index contributed by atoms with van der Waals surface area (Å²) in [5.74, 6) is 0.400. The normalized spacial score (nSPS) is 10.2. The quantitative estimate of drug-likeness (QED) is 0.919. The molecule has 92 valence electrons. The molecule has 0 saturated heterocycles. The third-order valence-corrected chi connectivity index (χ3v) is 3.09. The van der Waals surface area contributed by atoms with Gasteiger partial charge in [-0.1, -0.05) is 33.6 Å². The molecule has 2 aromatic rings. The number of carbonyl (C=O) groups is 1. The lowest BCUT2D eigenvalue weighted by molar-refractivity contribution is 0.102. The molecule has 0 aliphatic rings. The van der Waals surface area contributed by atoms with Gasteiger partial charge in [0.25, 0.3) is 5.91 Å². The monoisotopic (exact) mass is 304 g/mol. The van der Waals surface area contributed by atoms with Gasteiger partial charge in [-0.05, 0) is 37.6 Å². The molecule has 0 aliphatic heterocycles. The number of anilines is 1. The minimum Gasteiger partial charge on any atom is -0.307 e. The van der Waals surface area contributed by atoms with Crippen LogP contribution in [0.25, 0.3) is 0 Å². The van der Waals surface area contributed by atoms with E-state index in [1.165, 1.54) is 0 Å². The summed E-state index contributed by atoms with van der Waals surface area (Å²) in [6.45, 7) is 3.89. The van der Waals surface area contributed by atoms with Crippen molar-refractivity contribution in [1.82, 2.24) is 4.98 Å². The van der Waals surface area contributed by atoms with Crippen LogP contribution < -0.4 is 5.32 Å². The number of benzene rings is 1. The Morgan fingerprint density at radius 1 is 1.22 bits per heavy atom. The average molecular weight is 305 g/mol. The summed E-state index contributed by atoms with van der Waals surface area (Å²) in [6.07, 6.45) is 1.64. The molecule has 0 radical (unpaired) electrons. The molecule has 1 aromatic heterocycles. The number of amides is 1. The van der Waals surface area contributed by atoms with Crippen LogP contribution in [0.1, 0.15) is 21.5 Å². The fourth-order valence-corrected chi connectivity index (χ4v) is 1.97. The van der Waals surface area contributed by atoms with Gasteiger partial charge < -0.3 is 5.32 Å². The minimum atomic E-state index is -0.137. The van der Waals surface area contributed by atoms with Crippen molar-refractivity contribution in [3.05, 3.63) is 57.7 Å². The number of carbonyl (C=O) groups excluding carboxylic acids is 1. The number of aryl methyl sites for hydroxylation is 2. The molecule has 0 unspecified atom stereocenters. The summed E-state index contributed by atoms with van der Waals surface area (Å²) in [7, 11) is 0. The highest BCUT2D eigenvalue weighted by atomic mass is 79.9. The Bertz CT molecular complexity index is 596. The lowest BCUT2D eigenvalue weighted by atomic mass is 10.1. The number of pyridine rings is 1. The number of hydrogen-bond acceptors (Lipinski definition) is 2. The maximum Gasteiger partial charge on any atom is 0.257 e. The fourth-order valence-electron chi connectivity index (χ4n) is 1.64. The van der Waals surface area contributed by atoms with Gasteiger partial charge in [0.1, 0.15) is 5.82 Å². The maximum atomic E-state index is 12.1. The number of halogens is 1. The topological polar surface area (TPSA) is 42.0 Å². The Kier molecular flexibility index (Phi) is 3.77. The standard InChI is InChI=1S/C14H13BrN2O/c1-9-3-4-10(2)12(7-9)14(18)17-13-8-11(15)5-6-16-13/h3-8H,1-2H3,(H,16,17,18). The van der Waals surface area contributed by atoms with Gasteiger partial charge in [-0.25, -0.2) is 4.98 Å². The predicted molar refractivity (Wildman–Crippen MR) is 75.8 cm³/mol. The van der Waals surface area contributed by atoms with Crippen molar-refractivity contribution >= 4 is 27.7 Å². The summed E-state index contributed by atoms with van der Waals surface area (Å²) in [5, 5.41) is 2.79. The summed E-state index contributed by atoms with van der Waals surface area (Å²) >= 11 is 3.34. The van der Waals surface area contributed by atoms with Crippen LogP contribution in [0.5, 0.6) is 0 Å². The van der Waals surface area contributed by atoms with Crippen molar-refractivity contribution in [3.8, 4) is 0 Å². The van der Waals surface area contributed by atoms with E-state index in [9.17, 15) is 4.79 Å². The first-order valence-electron chi connectivity index (χ1n) is 5.56. The minimum absolute atomic E-state index is 0.137. The highest BCUT2D eigenvalue weighted by Crippen LogP contribution is 2.16. The van der Waals surface area contributed by atoms with Crippen LogP contribution in [0, 0.1) is 13.8 Å². The number of nitrogens with zero attached hydrogens (tertiary/aromatic N) is 1. The molecular weight excluding hydrogens is 292 g/mol. The second-order valence-electron chi connectivity index (χ2n) is 4.13. The van der Waals surface area contributed by atoms with E-state index in [0.717, 1.165) is 15.6 Å². The molecule has 3 nitrogen and oxygen atoms in total. The van der Waals surface area contributed by atoms with Gasteiger partial charge in [0.2, 0.25) is 0 Å². The molecule has 2 rings (SSSR count). The molecule has 0 atom stereocenters. The van der Waals surface area contributed by atoms with Gasteiger partial charge in [-0.15, -0.1) is 0 Å². The predicted octanol–water partition coefficient (Wildman–Crippen LogP) is 3.71. The zero-order valence-electron chi connectivity index (χ0n) is 10.2. The molecule has 1 N–H and O–H groups in total. The molecule has 0 spiro atoms. The largest absolute Gasteiger partial charge is 0.307 e. The van der Waals surface area contributed by atoms with Crippen molar-refractivity contribution in [2.24, 2.45) is 0 Å². The Labute approximate surface area is 114 Å². The first-order valence-corrected chi connectivity index (χ1v) is 6.36. The van der Waals surface area contributed by atoms with E-state index < -0.39 is 0 Å². The van der Waals surface area contributed by atoms with Gasteiger partial charge >= 0.3 is 0 Å². The van der Waals surface area contributed by atoms with Crippen LogP contribution in [0.15, 0.2) is 41.0 Å². The van der Waals surface area contributed by atoms with Crippen LogP contribution in [0.4, 0.5) is 5.82 Å². The summed E-state index contributed by atoms with van der Waals surface area (Å²) in [5.41, 5.74) is 2.69. The molecule has 1 heterocycles. The molecule has 0 aliphatic carbocycles. The molecular formula is C14H13BrN2O. The van der Waals surface area contributed by atoms with Crippen molar-refractivity contribution in [2.75, 3.05) is 5.32 Å². The Morgan fingerprint density at radius 3 is 2.72 bits per heavy atom. The van der Waals surface area contributed by atoms with Crippen LogP contribution in [0.3, 0.4) is 0 Å². The van der Waals surface area contributed by atoms with E-state index in [0.29, 0.717) is 11.4 Å². The molecule has 0 saturated carbocycles. The summed E-state index contributed by atoms with van der Waals surface area (Å²) in [6, 6.07) is 9.39. The molecule has 1 amide bonds. The van der Waals surface area contributed by atoms with Gasteiger partial charge in [-0.2, -0.15) is 0 Å². The van der Waals surface area contributed by atoms with Crippen molar-refractivity contribution in [3.63, 3.8) is 0 Å². The smallest absolute Gasteiger partial charge is 0.257 e. The van der Waals surface area contributed by atoms with Crippen molar-refractivity contribution in [2.45, 2.75) is 13.8 Å². The SMILES string of the molecule is Cc1ccc(C)c(C(=O)Nc2cc(Br)ccn2)c1. The highest BCUT2D eigenvalue weighted by molar-refractivity contribution is 9.10. The van der Waals surface area contributed by atoms with E-state index in [1.807, 2.05) is 38.1 Å². The molecule has 4 heteroatoms. The third kappa shape index (κ3) is 2.96. The number of aromatic nitrogens is 1. The molecule has 0 fully saturated rings. The van der Waals surface area contributed by atoms with Crippen LogP contribution in [0.2, 0.25) is 0 Å². The first-order chi connectivity index (χ1) is 8.56. The zero-order valence-corrected chi connectivity index (χ0v) is 11.8. The van der Waals surface area contributed by atoms with E-state index in [2.05, 4.69) is 26.2 Å². The van der Waals surface area contributed by atoms with E-state index >= 15 is 0 Å². The molecule has 18 heavy (non-hydrogen) atoms. The lowest BCUT2D eigenvalue weighted by Crippen LogP contribution is -2.14. The number of nitrogens with one attached hydrogen (secondary N) is 1. The maximum absolute atomic E-state index is 12.1. The first kappa shape index (κ1) is 12.8. The van der Waals surface area contributed by atoms with Gasteiger partial charge in [0.15, 0.2) is 0 Å². The Balaban J connectivity index is 2.24. The molecule has 0 bridgehead atoms. The van der Waals surface area contributed by atoms with E-state index in [1.54, 1.807) is 12.3 Å². The fraction of sp³-hybridized carbons (Fsp3) is 0.143. The second kappa shape index (κ2) is 5.31.